The minimum atomic E-state index is 0.325. The summed E-state index contributed by atoms with van der Waals surface area (Å²) in [5.41, 5.74) is 15.4. The Balaban J connectivity index is 1.66. The van der Waals surface area contributed by atoms with Gasteiger partial charge in [-0.25, -0.2) is 4.98 Å². The number of nitrogens with two attached hydrogens (primary N) is 2. The lowest BCUT2D eigenvalue weighted by molar-refractivity contribution is 0.362. The Kier molecular flexibility index (Phi) is 5.22. The predicted octanol–water partition coefficient (Wildman–Crippen LogP) is 3.84. The third kappa shape index (κ3) is 4.42. The summed E-state index contributed by atoms with van der Waals surface area (Å²) in [5, 5.41) is 4.11. The van der Waals surface area contributed by atoms with Crippen LogP contribution in [0.2, 0.25) is 0 Å². The lowest BCUT2D eigenvalue weighted by Gasteiger charge is -2.04. The highest BCUT2D eigenvalue weighted by Gasteiger charge is 2.11. The van der Waals surface area contributed by atoms with E-state index in [1.165, 1.54) is 5.57 Å². The standard InChI is InChI=1S/C20H22N4O2/c1-13(2)9-10-25-16-5-3-14(4-6-16)11-15-12-18(26-24-15)17-7-8-19(21)23-20(17)22/h3-9,12H,10-11H2,1-2H3,(H4,21,22,23). The van der Waals surface area contributed by atoms with E-state index in [-0.39, 0.29) is 0 Å². The van der Waals surface area contributed by atoms with E-state index in [9.17, 15) is 0 Å². The molecule has 0 spiro atoms. The third-order valence-electron chi connectivity index (χ3n) is 3.82. The molecule has 3 rings (SSSR count). The molecule has 0 bridgehead atoms. The van der Waals surface area contributed by atoms with Crippen molar-refractivity contribution in [2.45, 2.75) is 20.3 Å². The van der Waals surface area contributed by atoms with E-state index in [1.807, 2.05) is 50.3 Å². The quantitative estimate of drug-likeness (QED) is 0.655. The first-order chi connectivity index (χ1) is 12.5. The fourth-order valence-corrected chi connectivity index (χ4v) is 2.44. The Morgan fingerprint density at radius 1 is 1.12 bits per heavy atom. The van der Waals surface area contributed by atoms with Gasteiger partial charge < -0.3 is 20.7 Å². The third-order valence-corrected chi connectivity index (χ3v) is 3.82. The molecule has 0 atom stereocenters. The zero-order chi connectivity index (χ0) is 18.5. The Hall–Kier alpha value is -3.28. The predicted molar refractivity (Wildman–Crippen MR) is 103 cm³/mol. The molecule has 0 amide bonds. The first kappa shape index (κ1) is 17.5. The zero-order valence-electron chi connectivity index (χ0n) is 14.9. The van der Waals surface area contributed by atoms with Gasteiger partial charge in [0.1, 0.15) is 24.0 Å². The maximum absolute atomic E-state index is 5.89. The number of hydrogen-bond donors (Lipinski definition) is 2. The number of allylic oxidation sites excluding steroid dienone is 1. The second kappa shape index (κ2) is 7.74. The molecular formula is C20H22N4O2. The van der Waals surface area contributed by atoms with Crippen LogP contribution >= 0.6 is 0 Å². The van der Waals surface area contributed by atoms with Gasteiger partial charge in [0.15, 0.2) is 5.76 Å². The van der Waals surface area contributed by atoms with Crippen molar-refractivity contribution in [2.24, 2.45) is 0 Å². The van der Waals surface area contributed by atoms with Crippen LogP contribution in [0.25, 0.3) is 11.3 Å². The topological polar surface area (TPSA) is 100 Å². The van der Waals surface area contributed by atoms with E-state index in [2.05, 4.69) is 10.1 Å². The Bertz CT molecular complexity index is 910. The number of ether oxygens (including phenoxy) is 1. The smallest absolute Gasteiger partial charge is 0.170 e. The second-order valence-electron chi connectivity index (χ2n) is 6.26. The van der Waals surface area contributed by atoms with Crippen LogP contribution in [0.3, 0.4) is 0 Å². The number of aromatic nitrogens is 2. The van der Waals surface area contributed by atoms with Crippen LogP contribution in [0.5, 0.6) is 5.75 Å². The molecule has 0 aliphatic rings. The number of nitrogen functional groups attached to an aromatic ring is 2. The van der Waals surface area contributed by atoms with Crippen molar-refractivity contribution in [3.8, 4) is 17.1 Å². The highest BCUT2D eigenvalue weighted by molar-refractivity contribution is 5.71. The minimum Gasteiger partial charge on any atom is -0.490 e. The second-order valence-corrected chi connectivity index (χ2v) is 6.26. The zero-order valence-corrected chi connectivity index (χ0v) is 14.9. The first-order valence-corrected chi connectivity index (χ1v) is 8.34. The van der Waals surface area contributed by atoms with Gasteiger partial charge in [0.05, 0.1) is 11.3 Å². The maximum Gasteiger partial charge on any atom is 0.170 e. The Labute approximate surface area is 152 Å². The number of rotatable bonds is 6. The number of anilines is 2. The molecule has 0 aliphatic heterocycles. The molecule has 134 valence electrons. The summed E-state index contributed by atoms with van der Waals surface area (Å²) in [5.74, 6) is 2.11. The lowest BCUT2D eigenvalue weighted by atomic mass is 10.1. The summed E-state index contributed by atoms with van der Waals surface area (Å²) >= 11 is 0. The van der Waals surface area contributed by atoms with Crippen molar-refractivity contribution in [1.29, 1.82) is 0 Å². The van der Waals surface area contributed by atoms with Crippen molar-refractivity contribution in [2.75, 3.05) is 18.1 Å². The molecule has 2 aromatic heterocycles. The normalized spacial score (nSPS) is 10.5. The van der Waals surface area contributed by atoms with Gasteiger partial charge in [0.2, 0.25) is 0 Å². The molecule has 0 saturated heterocycles. The van der Waals surface area contributed by atoms with Gasteiger partial charge in [0, 0.05) is 12.5 Å². The SMILES string of the molecule is CC(C)=CCOc1ccc(Cc2cc(-c3ccc(N)nc3N)on2)cc1. The lowest BCUT2D eigenvalue weighted by Crippen LogP contribution is -1.97. The van der Waals surface area contributed by atoms with Crippen LogP contribution in [0, 0.1) is 0 Å². The van der Waals surface area contributed by atoms with Crippen LogP contribution in [0.15, 0.2) is 58.6 Å². The van der Waals surface area contributed by atoms with E-state index < -0.39 is 0 Å². The van der Waals surface area contributed by atoms with Crippen LogP contribution in [0.4, 0.5) is 11.6 Å². The van der Waals surface area contributed by atoms with E-state index in [0.29, 0.717) is 36.0 Å². The molecule has 2 heterocycles. The molecule has 3 aromatic rings. The van der Waals surface area contributed by atoms with Crippen LogP contribution in [-0.4, -0.2) is 16.7 Å². The molecule has 26 heavy (non-hydrogen) atoms. The number of benzene rings is 1. The van der Waals surface area contributed by atoms with Crippen molar-refractivity contribution < 1.29 is 9.26 Å². The minimum absolute atomic E-state index is 0.325. The van der Waals surface area contributed by atoms with Crippen molar-refractivity contribution in [3.63, 3.8) is 0 Å². The average molecular weight is 350 g/mol. The molecule has 6 heteroatoms. The monoisotopic (exact) mass is 350 g/mol. The molecule has 0 unspecified atom stereocenters. The largest absolute Gasteiger partial charge is 0.490 e. The number of nitrogens with zero attached hydrogens (tertiary/aromatic N) is 2. The van der Waals surface area contributed by atoms with Gasteiger partial charge in [0.25, 0.3) is 0 Å². The van der Waals surface area contributed by atoms with E-state index in [0.717, 1.165) is 17.0 Å². The summed E-state index contributed by atoms with van der Waals surface area (Å²) < 4.78 is 11.1. The summed E-state index contributed by atoms with van der Waals surface area (Å²) in [6, 6.07) is 13.3. The number of pyridine rings is 1. The molecule has 0 fully saturated rings. The van der Waals surface area contributed by atoms with Gasteiger partial charge in [-0.1, -0.05) is 22.9 Å². The van der Waals surface area contributed by atoms with Gasteiger partial charge >= 0.3 is 0 Å². The van der Waals surface area contributed by atoms with Gasteiger partial charge in [-0.2, -0.15) is 0 Å². The summed E-state index contributed by atoms with van der Waals surface area (Å²) in [6.07, 6.45) is 2.70. The Morgan fingerprint density at radius 2 is 1.88 bits per heavy atom. The first-order valence-electron chi connectivity index (χ1n) is 8.34. The van der Waals surface area contributed by atoms with Crippen molar-refractivity contribution in [3.05, 3.63) is 65.4 Å². The molecule has 4 N–H and O–H groups in total. The molecule has 0 saturated carbocycles. The van der Waals surface area contributed by atoms with Crippen LogP contribution in [-0.2, 0) is 6.42 Å². The van der Waals surface area contributed by atoms with Crippen molar-refractivity contribution in [1.82, 2.24) is 10.1 Å². The summed E-state index contributed by atoms with van der Waals surface area (Å²) in [7, 11) is 0. The fraction of sp³-hybridized carbons (Fsp3) is 0.200. The van der Waals surface area contributed by atoms with E-state index in [4.69, 9.17) is 20.7 Å². The van der Waals surface area contributed by atoms with Crippen LogP contribution in [0.1, 0.15) is 25.1 Å². The molecule has 0 aliphatic carbocycles. The molecule has 0 radical (unpaired) electrons. The average Bonchev–Trinajstić information content (AvgIpc) is 3.04. The van der Waals surface area contributed by atoms with Gasteiger partial charge in [-0.15, -0.1) is 0 Å². The van der Waals surface area contributed by atoms with Crippen LogP contribution < -0.4 is 16.2 Å². The summed E-state index contributed by atoms with van der Waals surface area (Å²) in [6.45, 7) is 4.67. The van der Waals surface area contributed by atoms with Gasteiger partial charge in [-0.3, -0.25) is 0 Å². The maximum atomic E-state index is 5.89. The van der Waals surface area contributed by atoms with E-state index in [1.54, 1.807) is 12.1 Å². The highest BCUT2D eigenvalue weighted by atomic mass is 16.5. The molecule has 6 nitrogen and oxygen atoms in total. The summed E-state index contributed by atoms with van der Waals surface area (Å²) in [4.78, 5) is 4.04. The number of hydrogen-bond acceptors (Lipinski definition) is 6. The molecule has 1 aromatic carbocycles. The highest BCUT2D eigenvalue weighted by Crippen LogP contribution is 2.26. The Morgan fingerprint density at radius 3 is 2.58 bits per heavy atom. The van der Waals surface area contributed by atoms with E-state index >= 15 is 0 Å². The van der Waals surface area contributed by atoms with Gasteiger partial charge in [-0.05, 0) is 49.8 Å². The molecular weight excluding hydrogens is 328 g/mol. The fourth-order valence-electron chi connectivity index (χ4n) is 2.44. The van der Waals surface area contributed by atoms with Crippen molar-refractivity contribution >= 4 is 11.6 Å².